The minimum Gasteiger partial charge on any atom is -0.374 e. The molecule has 0 bridgehead atoms. The Kier molecular flexibility index (Phi) is 2.96. The van der Waals surface area contributed by atoms with E-state index in [4.69, 9.17) is 0 Å². The van der Waals surface area contributed by atoms with Crippen LogP contribution in [0, 0.1) is 0 Å². The van der Waals surface area contributed by atoms with Crippen LogP contribution >= 0.6 is 0 Å². The molecule has 0 saturated carbocycles. The SMILES string of the molecule is CC(C)N1C(=O)CNc2ccc(C(F)(F)F)cc21. The third kappa shape index (κ3) is 2.14. The van der Waals surface area contributed by atoms with Crippen LogP contribution in [0.5, 0.6) is 0 Å². The fourth-order valence-electron chi connectivity index (χ4n) is 2.01. The fourth-order valence-corrected chi connectivity index (χ4v) is 2.01. The lowest BCUT2D eigenvalue weighted by atomic mass is 10.1. The lowest BCUT2D eigenvalue weighted by Crippen LogP contribution is -2.44. The summed E-state index contributed by atoms with van der Waals surface area (Å²) in [6, 6.07) is 3.21. The summed E-state index contributed by atoms with van der Waals surface area (Å²) >= 11 is 0. The molecule has 1 amide bonds. The summed E-state index contributed by atoms with van der Waals surface area (Å²) in [7, 11) is 0. The molecular formula is C12H13F3N2O. The van der Waals surface area contributed by atoms with E-state index >= 15 is 0 Å². The van der Waals surface area contributed by atoms with E-state index in [9.17, 15) is 18.0 Å². The highest BCUT2D eigenvalue weighted by Gasteiger charge is 2.34. The number of alkyl halides is 3. The van der Waals surface area contributed by atoms with Gasteiger partial charge in [0, 0.05) is 6.04 Å². The molecule has 0 spiro atoms. The van der Waals surface area contributed by atoms with Crippen molar-refractivity contribution in [2.45, 2.75) is 26.1 Å². The highest BCUT2D eigenvalue weighted by atomic mass is 19.4. The van der Waals surface area contributed by atoms with E-state index in [0.717, 1.165) is 12.1 Å². The predicted molar refractivity (Wildman–Crippen MR) is 62.6 cm³/mol. The van der Waals surface area contributed by atoms with E-state index in [-0.39, 0.29) is 24.2 Å². The van der Waals surface area contributed by atoms with Gasteiger partial charge in [0.05, 0.1) is 23.5 Å². The highest BCUT2D eigenvalue weighted by molar-refractivity contribution is 6.03. The molecule has 0 radical (unpaired) electrons. The number of carbonyl (C=O) groups excluding carboxylic acids is 1. The second-order valence-electron chi connectivity index (χ2n) is 4.44. The van der Waals surface area contributed by atoms with Gasteiger partial charge in [0.15, 0.2) is 0 Å². The molecule has 0 atom stereocenters. The third-order valence-corrected chi connectivity index (χ3v) is 2.80. The second kappa shape index (κ2) is 4.19. The molecule has 98 valence electrons. The molecule has 2 rings (SSSR count). The number of hydrogen-bond acceptors (Lipinski definition) is 2. The zero-order valence-electron chi connectivity index (χ0n) is 10.0. The Morgan fingerprint density at radius 1 is 1.33 bits per heavy atom. The van der Waals surface area contributed by atoms with Gasteiger partial charge in [0.25, 0.3) is 0 Å². The molecule has 6 heteroatoms. The molecule has 1 N–H and O–H groups in total. The first kappa shape index (κ1) is 12.7. The van der Waals surface area contributed by atoms with Crippen LogP contribution in [0.4, 0.5) is 24.5 Å². The Morgan fingerprint density at radius 3 is 2.56 bits per heavy atom. The van der Waals surface area contributed by atoms with Crippen LogP contribution in [0.3, 0.4) is 0 Å². The summed E-state index contributed by atoms with van der Waals surface area (Å²) in [5.74, 6) is -0.225. The summed E-state index contributed by atoms with van der Waals surface area (Å²) in [4.78, 5) is 13.1. The van der Waals surface area contributed by atoms with Crippen LogP contribution in [0.1, 0.15) is 19.4 Å². The first-order valence-electron chi connectivity index (χ1n) is 5.58. The van der Waals surface area contributed by atoms with Crippen molar-refractivity contribution >= 4 is 17.3 Å². The van der Waals surface area contributed by atoms with Crippen LogP contribution in [0.25, 0.3) is 0 Å². The molecule has 0 aromatic heterocycles. The Hall–Kier alpha value is -1.72. The van der Waals surface area contributed by atoms with Crippen LogP contribution in [0.15, 0.2) is 18.2 Å². The zero-order chi connectivity index (χ0) is 13.5. The third-order valence-electron chi connectivity index (χ3n) is 2.80. The van der Waals surface area contributed by atoms with Crippen LogP contribution in [-0.2, 0) is 11.0 Å². The second-order valence-corrected chi connectivity index (χ2v) is 4.44. The standard InChI is InChI=1S/C12H13F3N2O/c1-7(2)17-10-5-8(12(13,14)15)3-4-9(10)16-6-11(17)18/h3-5,7,16H,6H2,1-2H3. The largest absolute Gasteiger partial charge is 0.416 e. The Morgan fingerprint density at radius 2 is 2.00 bits per heavy atom. The quantitative estimate of drug-likeness (QED) is 0.840. The number of hydrogen-bond donors (Lipinski definition) is 1. The molecule has 0 saturated heterocycles. The van der Waals surface area contributed by atoms with Gasteiger partial charge < -0.3 is 10.2 Å². The van der Waals surface area contributed by atoms with E-state index < -0.39 is 11.7 Å². The monoisotopic (exact) mass is 258 g/mol. The molecule has 0 unspecified atom stereocenters. The number of anilines is 2. The molecule has 1 aromatic rings. The van der Waals surface area contributed by atoms with E-state index in [2.05, 4.69) is 5.32 Å². The van der Waals surface area contributed by atoms with Crippen LogP contribution < -0.4 is 10.2 Å². The number of nitrogens with zero attached hydrogens (tertiary/aromatic N) is 1. The molecule has 1 aliphatic heterocycles. The summed E-state index contributed by atoms with van der Waals surface area (Å²) in [6.07, 6.45) is -4.40. The van der Waals surface area contributed by atoms with E-state index in [1.807, 2.05) is 0 Å². The number of benzene rings is 1. The van der Waals surface area contributed by atoms with Crippen molar-refractivity contribution < 1.29 is 18.0 Å². The minimum atomic E-state index is -4.40. The summed E-state index contributed by atoms with van der Waals surface area (Å²) < 4.78 is 38.0. The van der Waals surface area contributed by atoms with Gasteiger partial charge in [0.1, 0.15) is 0 Å². The number of rotatable bonds is 1. The molecule has 0 aliphatic carbocycles. The first-order chi connectivity index (χ1) is 8.30. The number of fused-ring (bicyclic) bond motifs is 1. The molecular weight excluding hydrogens is 245 g/mol. The van der Waals surface area contributed by atoms with Crippen molar-refractivity contribution in [1.29, 1.82) is 0 Å². The Labute approximate surface area is 103 Å². The average molecular weight is 258 g/mol. The first-order valence-corrected chi connectivity index (χ1v) is 5.58. The summed E-state index contributed by atoms with van der Waals surface area (Å²) in [6.45, 7) is 3.65. The highest BCUT2D eigenvalue weighted by Crippen LogP contribution is 2.37. The number of nitrogens with one attached hydrogen (secondary N) is 1. The predicted octanol–water partition coefficient (Wildman–Crippen LogP) is 2.87. The van der Waals surface area contributed by atoms with Crippen LogP contribution in [-0.4, -0.2) is 18.5 Å². The van der Waals surface area contributed by atoms with Crippen molar-refractivity contribution in [3.63, 3.8) is 0 Å². The maximum atomic E-state index is 12.7. The number of carbonyl (C=O) groups is 1. The van der Waals surface area contributed by atoms with Gasteiger partial charge >= 0.3 is 6.18 Å². The number of amides is 1. The van der Waals surface area contributed by atoms with Crippen molar-refractivity contribution in [3.05, 3.63) is 23.8 Å². The lowest BCUT2D eigenvalue weighted by molar-refractivity contribution is -0.137. The van der Waals surface area contributed by atoms with Gasteiger partial charge in [-0.1, -0.05) is 0 Å². The molecule has 1 aliphatic rings. The normalized spacial score (nSPS) is 15.7. The molecule has 1 aromatic carbocycles. The average Bonchev–Trinajstić information content (AvgIpc) is 2.26. The van der Waals surface area contributed by atoms with Crippen molar-refractivity contribution in [1.82, 2.24) is 0 Å². The maximum absolute atomic E-state index is 12.7. The molecule has 1 heterocycles. The van der Waals surface area contributed by atoms with Crippen molar-refractivity contribution in [3.8, 4) is 0 Å². The van der Waals surface area contributed by atoms with E-state index in [0.29, 0.717) is 5.69 Å². The lowest BCUT2D eigenvalue weighted by Gasteiger charge is -2.33. The molecule has 0 fully saturated rings. The fraction of sp³-hybridized carbons (Fsp3) is 0.417. The van der Waals surface area contributed by atoms with Gasteiger partial charge in [-0.25, -0.2) is 0 Å². The van der Waals surface area contributed by atoms with Gasteiger partial charge in [0.2, 0.25) is 5.91 Å². The van der Waals surface area contributed by atoms with Gasteiger partial charge in [-0.3, -0.25) is 4.79 Å². The van der Waals surface area contributed by atoms with Gasteiger partial charge in [-0.2, -0.15) is 13.2 Å². The smallest absolute Gasteiger partial charge is 0.374 e. The van der Waals surface area contributed by atoms with Crippen LogP contribution in [0.2, 0.25) is 0 Å². The van der Waals surface area contributed by atoms with E-state index in [1.54, 1.807) is 13.8 Å². The molecule has 3 nitrogen and oxygen atoms in total. The topological polar surface area (TPSA) is 32.3 Å². The minimum absolute atomic E-state index is 0.108. The molecule has 18 heavy (non-hydrogen) atoms. The Balaban J connectivity index is 2.52. The van der Waals surface area contributed by atoms with Crippen molar-refractivity contribution in [2.75, 3.05) is 16.8 Å². The Bertz CT molecular complexity index is 483. The van der Waals surface area contributed by atoms with E-state index in [1.165, 1.54) is 11.0 Å². The zero-order valence-corrected chi connectivity index (χ0v) is 10.0. The van der Waals surface area contributed by atoms with Crippen molar-refractivity contribution in [2.24, 2.45) is 0 Å². The number of halogens is 3. The summed E-state index contributed by atoms with van der Waals surface area (Å²) in [5.41, 5.74) is 0.0933. The van der Waals surface area contributed by atoms with Gasteiger partial charge in [-0.05, 0) is 32.0 Å². The summed E-state index contributed by atoms with van der Waals surface area (Å²) in [5, 5.41) is 2.82. The maximum Gasteiger partial charge on any atom is 0.416 e. The van der Waals surface area contributed by atoms with Gasteiger partial charge in [-0.15, -0.1) is 0 Å².